The van der Waals surface area contributed by atoms with Crippen molar-refractivity contribution in [3.05, 3.63) is 45.6 Å². The fourth-order valence-corrected chi connectivity index (χ4v) is 6.38. The first-order valence-electron chi connectivity index (χ1n) is 12.8. The molecule has 0 radical (unpaired) electrons. The van der Waals surface area contributed by atoms with Crippen molar-refractivity contribution >= 4 is 5.69 Å². The zero-order chi connectivity index (χ0) is 26.3. The van der Waals surface area contributed by atoms with Gasteiger partial charge in [0, 0.05) is 28.7 Å². The molecule has 1 saturated heterocycles. The molecule has 0 spiro atoms. The minimum Gasteiger partial charge on any atom is -0.493 e. The molecular weight excluding hydrogens is 454 g/mol. The fourth-order valence-electron chi connectivity index (χ4n) is 6.38. The Morgan fingerprint density at radius 1 is 0.944 bits per heavy atom. The van der Waals surface area contributed by atoms with Crippen LogP contribution in [0.4, 0.5) is 5.69 Å². The van der Waals surface area contributed by atoms with Crippen molar-refractivity contribution in [3.8, 4) is 28.4 Å². The Morgan fingerprint density at radius 2 is 1.61 bits per heavy atom. The minimum atomic E-state index is -0.0181. The normalized spacial score (nSPS) is 20.5. The van der Waals surface area contributed by atoms with E-state index in [4.69, 9.17) is 14.2 Å². The average molecular weight is 496 g/mol. The Labute approximate surface area is 214 Å². The summed E-state index contributed by atoms with van der Waals surface area (Å²) in [7, 11) is 6.84. The first kappa shape index (κ1) is 26.3. The molecule has 7 heteroatoms. The topological polar surface area (TPSA) is 80.8 Å². The van der Waals surface area contributed by atoms with E-state index in [9.17, 15) is 4.79 Å². The maximum absolute atomic E-state index is 13.6. The maximum atomic E-state index is 13.6. The number of nitrogens with one attached hydrogen (secondary N) is 3. The van der Waals surface area contributed by atoms with Crippen molar-refractivity contribution in [2.24, 2.45) is 0 Å². The van der Waals surface area contributed by atoms with Gasteiger partial charge < -0.3 is 30.2 Å². The van der Waals surface area contributed by atoms with E-state index in [2.05, 4.69) is 49.7 Å². The molecule has 1 aliphatic carbocycles. The molecule has 4 rings (SSSR count). The van der Waals surface area contributed by atoms with Gasteiger partial charge in [-0.1, -0.05) is 6.07 Å². The summed E-state index contributed by atoms with van der Waals surface area (Å²) in [6, 6.07) is 8.03. The number of hydrogen-bond acceptors (Lipinski definition) is 7. The van der Waals surface area contributed by atoms with Crippen molar-refractivity contribution < 1.29 is 14.2 Å². The van der Waals surface area contributed by atoms with Gasteiger partial charge in [0.25, 0.3) is 0 Å². The summed E-state index contributed by atoms with van der Waals surface area (Å²) in [5, 5.41) is 10.7. The molecule has 196 valence electrons. The number of ether oxygens (including phenoxy) is 3. The number of fused-ring (bicyclic) bond motifs is 3. The summed E-state index contributed by atoms with van der Waals surface area (Å²) in [5.74, 6) is 1.82. The van der Waals surface area contributed by atoms with E-state index in [1.54, 1.807) is 27.4 Å². The molecule has 3 N–H and O–H groups in total. The first-order valence-corrected chi connectivity index (χ1v) is 12.8. The van der Waals surface area contributed by atoms with E-state index in [0.717, 1.165) is 47.9 Å². The van der Waals surface area contributed by atoms with Crippen LogP contribution in [0.15, 0.2) is 29.1 Å². The monoisotopic (exact) mass is 495 g/mol. The SMILES string of the molecule is CN[C@H]1CCc2cc(OC)c(OC)c(OC)c2-c2ccc(NC3CC(C)(C)NC(C)(C)C3)c(=O)cc21. The van der Waals surface area contributed by atoms with Gasteiger partial charge >= 0.3 is 0 Å². The van der Waals surface area contributed by atoms with Crippen LogP contribution in [-0.2, 0) is 6.42 Å². The Kier molecular flexibility index (Phi) is 7.26. The van der Waals surface area contributed by atoms with Gasteiger partial charge in [-0.3, -0.25) is 4.79 Å². The number of piperidine rings is 1. The smallest absolute Gasteiger partial charge is 0.203 e. The second-order valence-electron chi connectivity index (χ2n) is 11.3. The lowest BCUT2D eigenvalue weighted by Gasteiger charge is -2.46. The number of methoxy groups -OCH3 is 3. The molecule has 0 aromatic heterocycles. The van der Waals surface area contributed by atoms with Crippen LogP contribution in [-0.4, -0.2) is 45.5 Å². The molecule has 2 aromatic carbocycles. The Hall–Kier alpha value is -2.77. The van der Waals surface area contributed by atoms with Crippen LogP contribution in [0, 0.1) is 0 Å². The van der Waals surface area contributed by atoms with Crippen molar-refractivity contribution in [1.29, 1.82) is 0 Å². The number of anilines is 1. The molecule has 36 heavy (non-hydrogen) atoms. The molecule has 1 atom stereocenters. The van der Waals surface area contributed by atoms with Gasteiger partial charge in [-0.15, -0.1) is 0 Å². The lowest BCUT2D eigenvalue weighted by Crippen LogP contribution is -2.60. The van der Waals surface area contributed by atoms with E-state index in [1.807, 2.05) is 19.2 Å². The zero-order valence-corrected chi connectivity index (χ0v) is 22.9. The van der Waals surface area contributed by atoms with Crippen molar-refractivity contribution in [1.82, 2.24) is 10.6 Å². The minimum absolute atomic E-state index is 0.00598. The Bertz CT molecular complexity index is 1180. The van der Waals surface area contributed by atoms with Crippen LogP contribution >= 0.6 is 0 Å². The standard InChI is InChI=1S/C29H41N3O4/c1-28(2)15-18(16-29(3,4)32-28)31-22-12-10-19-20(14-23(22)33)21(30-5)11-9-17-13-24(34-6)26(35-7)27(36-8)25(17)19/h10,12-14,18,21,30,32H,9,11,15-16H2,1-8H3,(H,31,33)/t21-/m0/s1. The molecule has 0 unspecified atom stereocenters. The first-order chi connectivity index (χ1) is 17.0. The summed E-state index contributed by atoms with van der Waals surface area (Å²) in [6.45, 7) is 8.87. The van der Waals surface area contributed by atoms with Crippen LogP contribution in [0.2, 0.25) is 0 Å². The van der Waals surface area contributed by atoms with Gasteiger partial charge in [0.15, 0.2) is 11.5 Å². The summed E-state index contributed by atoms with van der Waals surface area (Å²) >= 11 is 0. The number of rotatable bonds is 6. The number of hydrogen-bond donors (Lipinski definition) is 3. The van der Waals surface area contributed by atoms with E-state index in [-0.39, 0.29) is 28.6 Å². The third kappa shape index (κ3) is 5.04. The summed E-state index contributed by atoms with van der Waals surface area (Å²) in [4.78, 5) is 13.6. The van der Waals surface area contributed by atoms with E-state index >= 15 is 0 Å². The van der Waals surface area contributed by atoms with E-state index < -0.39 is 0 Å². The van der Waals surface area contributed by atoms with Gasteiger partial charge in [-0.25, -0.2) is 0 Å². The molecule has 7 nitrogen and oxygen atoms in total. The van der Waals surface area contributed by atoms with Gasteiger partial charge in [-0.05, 0) is 95.3 Å². The Balaban J connectivity index is 1.87. The third-order valence-corrected chi connectivity index (χ3v) is 7.44. The zero-order valence-electron chi connectivity index (χ0n) is 22.9. The van der Waals surface area contributed by atoms with Gasteiger partial charge in [-0.2, -0.15) is 0 Å². The fraction of sp³-hybridized carbons (Fsp3) is 0.552. The van der Waals surface area contributed by atoms with E-state index in [1.165, 1.54) is 0 Å². The van der Waals surface area contributed by atoms with Crippen molar-refractivity contribution in [2.45, 2.75) is 76.5 Å². The van der Waals surface area contributed by atoms with Crippen LogP contribution in [0.3, 0.4) is 0 Å². The largest absolute Gasteiger partial charge is 0.493 e. The predicted molar refractivity (Wildman–Crippen MR) is 146 cm³/mol. The summed E-state index contributed by atoms with van der Waals surface area (Å²) < 4.78 is 17.2. The van der Waals surface area contributed by atoms with Crippen LogP contribution < -0.4 is 35.6 Å². The lowest BCUT2D eigenvalue weighted by atomic mass is 9.79. The van der Waals surface area contributed by atoms with Gasteiger partial charge in [0.1, 0.15) is 0 Å². The molecule has 2 aliphatic rings. The predicted octanol–water partition coefficient (Wildman–Crippen LogP) is 4.67. The molecule has 0 bridgehead atoms. The average Bonchev–Trinajstić information content (AvgIpc) is 3.04. The molecule has 2 aromatic rings. The maximum Gasteiger partial charge on any atom is 0.203 e. The third-order valence-electron chi connectivity index (χ3n) is 7.44. The highest BCUT2D eigenvalue weighted by atomic mass is 16.5. The van der Waals surface area contributed by atoms with Crippen LogP contribution in [0.25, 0.3) is 11.1 Å². The number of benzene rings is 1. The highest BCUT2D eigenvalue weighted by Gasteiger charge is 2.38. The lowest BCUT2D eigenvalue weighted by molar-refractivity contribution is 0.170. The summed E-state index contributed by atoms with van der Waals surface area (Å²) in [6.07, 6.45) is 3.52. The molecule has 0 saturated carbocycles. The molecule has 1 aliphatic heterocycles. The second kappa shape index (κ2) is 9.94. The summed E-state index contributed by atoms with van der Waals surface area (Å²) in [5.41, 5.74) is 4.57. The quantitative estimate of drug-likeness (QED) is 0.537. The van der Waals surface area contributed by atoms with Gasteiger partial charge in [0.05, 0.1) is 27.0 Å². The highest BCUT2D eigenvalue weighted by Crippen LogP contribution is 2.50. The van der Waals surface area contributed by atoms with Gasteiger partial charge in [0.2, 0.25) is 11.2 Å². The van der Waals surface area contributed by atoms with Crippen molar-refractivity contribution in [2.75, 3.05) is 33.7 Å². The van der Waals surface area contributed by atoms with Crippen LogP contribution in [0.5, 0.6) is 17.2 Å². The van der Waals surface area contributed by atoms with Crippen molar-refractivity contribution in [3.63, 3.8) is 0 Å². The molecule has 1 heterocycles. The molecule has 1 fully saturated rings. The second-order valence-corrected chi connectivity index (χ2v) is 11.3. The molecular formula is C29H41N3O4. The highest BCUT2D eigenvalue weighted by molar-refractivity contribution is 5.83. The Morgan fingerprint density at radius 3 is 2.19 bits per heavy atom. The number of aryl methyl sites for hydroxylation is 1. The molecule has 0 amide bonds. The van der Waals surface area contributed by atoms with Crippen LogP contribution in [0.1, 0.15) is 64.1 Å². The van der Waals surface area contributed by atoms with E-state index in [0.29, 0.717) is 22.9 Å².